The van der Waals surface area contributed by atoms with E-state index >= 15 is 0 Å². The Morgan fingerprint density at radius 3 is 2.38 bits per heavy atom. The minimum absolute atomic E-state index is 0.0950. The summed E-state index contributed by atoms with van der Waals surface area (Å²) in [6.07, 6.45) is 0. The van der Waals surface area contributed by atoms with Crippen LogP contribution < -0.4 is 9.46 Å². The summed E-state index contributed by atoms with van der Waals surface area (Å²) in [5, 5.41) is 8.48. The molecule has 160 valence electrons. The van der Waals surface area contributed by atoms with E-state index in [4.69, 9.17) is 16.3 Å². The highest BCUT2D eigenvalue weighted by Crippen LogP contribution is 2.20. The van der Waals surface area contributed by atoms with Crippen molar-refractivity contribution in [3.05, 3.63) is 35.1 Å². The molecule has 0 fully saturated rings. The Labute approximate surface area is 176 Å². The van der Waals surface area contributed by atoms with Gasteiger partial charge in [-0.2, -0.15) is 0 Å². The maximum atomic E-state index is 12.6. The molecule has 0 unspecified atom stereocenters. The van der Waals surface area contributed by atoms with Crippen LogP contribution in [0.4, 0.5) is 0 Å². The predicted molar refractivity (Wildman–Crippen MR) is 109 cm³/mol. The zero-order valence-electron chi connectivity index (χ0n) is 16.9. The van der Waals surface area contributed by atoms with Crippen LogP contribution in [-0.2, 0) is 21.4 Å². The number of hydrogen-bond donors (Lipinski definition) is 1. The van der Waals surface area contributed by atoms with Gasteiger partial charge in [-0.3, -0.25) is 9.36 Å². The Kier molecular flexibility index (Phi) is 8.00. The van der Waals surface area contributed by atoms with Crippen molar-refractivity contribution in [2.45, 2.75) is 45.2 Å². The highest BCUT2D eigenvalue weighted by atomic mass is 35.5. The lowest BCUT2D eigenvalue weighted by molar-refractivity contribution is -0.133. The molecule has 0 aliphatic carbocycles. The molecule has 1 atom stereocenters. The number of rotatable bonds is 10. The molecule has 2 aromatic rings. The quantitative estimate of drug-likeness (QED) is 0.603. The summed E-state index contributed by atoms with van der Waals surface area (Å²) >= 11 is 5.82. The van der Waals surface area contributed by atoms with Gasteiger partial charge < -0.3 is 9.64 Å². The summed E-state index contributed by atoms with van der Waals surface area (Å²) in [6, 6.07) is 5.37. The number of aromatic nitrogens is 3. The van der Waals surface area contributed by atoms with Gasteiger partial charge in [0.1, 0.15) is 0 Å². The first-order valence-corrected chi connectivity index (χ1v) is 11.2. The number of carbonyl (C=O) groups excluding carboxylic acids is 1. The SMILES string of the molecule is CCN(CC)C(=O)COc1nnc([C@@H](C)NS(=O)(=O)c2ccc(Cl)cc2)n1CC. The van der Waals surface area contributed by atoms with Gasteiger partial charge in [-0.25, -0.2) is 13.1 Å². The fourth-order valence-electron chi connectivity index (χ4n) is 2.79. The molecule has 0 aliphatic heterocycles. The Hall–Kier alpha value is -2.17. The molecule has 0 aliphatic rings. The summed E-state index contributed by atoms with van der Waals surface area (Å²) in [5.74, 6) is 0.231. The average Bonchev–Trinajstić information content (AvgIpc) is 3.10. The summed E-state index contributed by atoms with van der Waals surface area (Å²) in [7, 11) is -3.78. The number of likely N-dealkylation sites (N-methyl/N-ethyl adjacent to an activating group) is 1. The lowest BCUT2D eigenvalue weighted by Crippen LogP contribution is -2.34. The smallest absolute Gasteiger partial charge is 0.317 e. The van der Waals surface area contributed by atoms with Crippen molar-refractivity contribution in [2.24, 2.45) is 0 Å². The van der Waals surface area contributed by atoms with Crippen molar-refractivity contribution >= 4 is 27.5 Å². The van der Waals surface area contributed by atoms with Gasteiger partial charge in [0.2, 0.25) is 10.0 Å². The highest BCUT2D eigenvalue weighted by Gasteiger charge is 2.24. The van der Waals surface area contributed by atoms with E-state index in [2.05, 4.69) is 14.9 Å². The third-order valence-corrected chi connectivity index (χ3v) is 6.15. The largest absolute Gasteiger partial charge is 0.453 e. The minimum Gasteiger partial charge on any atom is -0.453 e. The zero-order chi connectivity index (χ0) is 21.6. The maximum Gasteiger partial charge on any atom is 0.317 e. The number of hydrogen-bond acceptors (Lipinski definition) is 6. The normalized spacial score (nSPS) is 12.6. The van der Waals surface area contributed by atoms with E-state index in [1.54, 1.807) is 16.4 Å². The number of ether oxygens (including phenoxy) is 1. The number of amides is 1. The molecular formula is C18H26ClN5O4S. The molecule has 0 bridgehead atoms. The molecule has 2 rings (SSSR count). The van der Waals surface area contributed by atoms with Crippen LogP contribution >= 0.6 is 11.6 Å². The molecule has 11 heteroatoms. The van der Waals surface area contributed by atoms with E-state index in [1.165, 1.54) is 24.3 Å². The Morgan fingerprint density at radius 1 is 1.21 bits per heavy atom. The number of carbonyl (C=O) groups is 1. The number of nitrogens with zero attached hydrogens (tertiary/aromatic N) is 4. The minimum atomic E-state index is -3.78. The molecule has 1 amide bonds. The van der Waals surface area contributed by atoms with Gasteiger partial charge in [0.25, 0.3) is 5.91 Å². The fourth-order valence-corrected chi connectivity index (χ4v) is 4.11. The van der Waals surface area contributed by atoms with Crippen molar-refractivity contribution < 1.29 is 17.9 Å². The van der Waals surface area contributed by atoms with E-state index in [9.17, 15) is 13.2 Å². The van der Waals surface area contributed by atoms with Crippen molar-refractivity contribution in [1.29, 1.82) is 0 Å². The molecule has 9 nitrogen and oxygen atoms in total. The van der Waals surface area contributed by atoms with Crippen molar-refractivity contribution in [3.8, 4) is 6.01 Å². The summed E-state index contributed by atoms with van der Waals surface area (Å²) in [4.78, 5) is 13.9. The van der Waals surface area contributed by atoms with Crippen LogP contribution in [0, 0.1) is 0 Å². The Morgan fingerprint density at radius 2 is 1.83 bits per heavy atom. The molecule has 1 aromatic heterocycles. The van der Waals surface area contributed by atoms with Gasteiger partial charge in [-0.1, -0.05) is 16.7 Å². The molecule has 29 heavy (non-hydrogen) atoms. The molecule has 0 saturated heterocycles. The van der Waals surface area contributed by atoms with E-state index in [0.717, 1.165) is 0 Å². The van der Waals surface area contributed by atoms with Gasteiger partial charge in [0.15, 0.2) is 12.4 Å². The van der Waals surface area contributed by atoms with Crippen LogP contribution in [0.15, 0.2) is 29.2 Å². The number of nitrogens with one attached hydrogen (secondary N) is 1. The number of sulfonamides is 1. The molecule has 1 aromatic carbocycles. The van der Waals surface area contributed by atoms with E-state index in [-0.39, 0.29) is 23.4 Å². The van der Waals surface area contributed by atoms with E-state index in [0.29, 0.717) is 30.5 Å². The topological polar surface area (TPSA) is 106 Å². The van der Waals surface area contributed by atoms with Crippen molar-refractivity contribution in [2.75, 3.05) is 19.7 Å². The van der Waals surface area contributed by atoms with Crippen LogP contribution in [0.3, 0.4) is 0 Å². The zero-order valence-corrected chi connectivity index (χ0v) is 18.5. The lowest BCUT2D eigenvalue weighted by atomic mass is 10.3. The van der Waals surface area contributed by atoms with Crippen LogP contribution in [0.2, 0.25) is 5.02 Å². The number of benzene rings is 1. The van der Waals surface area contributed by atoms with Crippen LogP contribution in [0.1, 0.15) is 39.6 Å². The van der Waals surface area contributed by atoms with Gasteiger partial charge >= 0.3 is 6.01 Å². The standard InChI is InChI=1S/C18H26ClN5O4S/c1-5-23(6-2)16(25)12-28-18-21-20-17(24(18)7-3)13(4)22-29(26,27)15-10-8-14(19)9-11-15/h8-11,13,22H,5-7,12H2,1-4H3/t13-/m1/s1. The van der Waals surface area contributed by atoms with Crippen LogP contribution in [-0.4, -0.2) is 53.7 Å². The Bertz CT molecular complexity index is 926. The highest BCUT2D eigenvalue weighted by molar-refractivity contribution is 7.89. The summed E-state index contributed by atoms with van der Waals surface area (Å²) in [6.45, 7) is 8.77. The first kappa shape index (κ1) is 23.1. The first-order chi connectivity index (χ1) is 13.7. The van der Waals surface area contributed by atoms with Crippen LogP contribution in [0.5, 0.6) is 6.01 Å². The second-order valence-electron chi connectivity index (χ2n) is 6.24. The third-order valence-electron chi connectivity index (χ3n) is 4.35. The van der Waals surface area contributed by atoms with E-state index in [1.807, 2.05) is 20.8 Å². The third kappa shape index (κ3) is 5.68. The van der Waals surface area contributed by atoms with Gasteiger partial charge in [0.05, 0.1) is 10.9 Å². The van der Waals surface area contributed by atoms with Crippen molar-refractivity contribution in [1.82, 2.24) is 24.4 Å². The monoisotopic (exact) mass is 443 g/mol. The summed E-state index contributed by atoms with van der Waals surface area (Å²) in [5.41, 5.74) is 0. The summed E-state index contributed by atoms with van der Waals surface area (Å²) < 4.78 is 34.9. The molecule has 1 N–H and O–H groups in total. The lowest BCUT2D eigenvalue weighted by Gasteiger charge is -2.19. The first-order valence-electron chi connectivity index (χ1n) is 9.35. The average molecular weight is 444 g/mol. The fraction of sp³-hybridized carbons (Fsp3) is 0.500. The van der Waals surface area contributed by atoms with Gasteiger partial charge in [-0.15, -0.1) is 5.10 Å². The van der Waals surface area contributed by atoms with Gasteiger partial charge in [0, 0.05) is 24.7 Å². The van der Waals surface area contributed by atoms with Crippen LogP contribution in [0.25, 0.3) is 0 Å². The maximum absolute atomic E-state index is 12.6. The second kappa shape index (κ2) is 10.0. The molecule has 0 saturated carbocycles. The molecule has 0 radical (unpaired) electrons. The second-order valence-corrected chi connectivity index (χ2v) is 8.39. The van der Waals surface area contributed by atoms with Gasteiger partial charge in [-0.05, 0) is 52.0 Å². The predicted octanol–water partition coefficient (Wildman–Crippen LogP) is 2.24. The Balaban J connectivity index is 2.14. The molecular weight excluding hydrogens is 418 g/mol. The van der Waals surface area contributed by atoms with Crippen molar-refractivity contribution in [3.63, 3.8) is 0 Å². The molecule has 0 spiro atoms. The van der Waals surface area contributed by atoms with E-state index < -0.39 is 16.1 Å². The number of halogens is 1. The molecule has 1 heterocycles.